The Morgan fingerprint density at radius 2 is 0.426 bits per heavy atom. The van der Waals surface area contributed by atoms with E-state index < -0.39 is 249 Å². The molecule has 0 N–H and O–H groups in total. The number of fused-ring (bicyclic) bond motifs is 4. The van der Waals surface area contributed by atoms with E-state index in [-0.39, 0.29) is 77.9 Å². The monoisotopic (exact) mass is 2020 g/mol. The molecule has 0 saturated carbocycles. The molecular formula is C110H88N4O33S. The first kappa shape index (κ1) is 100.0. The molecule has 19 rings (SSSR count). The lowest BCUT2D eigenvalue weighted by Crippen LogP contribution is -2.70. The van der Waals surface area contributed by atoms with Crippen LogP contribution in [-0.4, -0.2) is 269 Å². The van der Waals surface area contributed by atoms with E-state index >= 15 is 67.1 Å². The normalized spacial score (nSPS) is 25.3. The first-order valence-corrected chi connectivity index (χ1v) is 47.7. The second kappa shape index (κ2) is 43.7. The van der Waals surface area contributed by atoms with Crippen molar-refractivity contribution in [3.8, 4) is 0 Å². The Bertz CT molecular complexity index is 6860. The highest BCUT2D eigenvalue weighted by Gasteiger charge is 2.65. The van der Waals surface area contributed by atoms with Gasteiger partial charge in [0.25, 0.3) is 47.3 Å². The van der Waals surface area contributed by atoms with E-state index in [9.17, 15) is 14.4 Å². The number of benzene rings is 11. The van der Waals surface area contributed by atoms with Gasteiger partial charge in [-0.2, -0.15) is 0 Å². The lowest BCUT2D eigenvalue weighted by molar-refractivity contribution is -0.325. The van der Waals surface area contributed by atoms with Crippen LogP contribution in [0.1, 0.15) is 166 Å². The van der Waals surface area contributed by atoms with Crippen LogP contribution in [0.4, 0.5) is 0 Å². The molecule has 148 heavy (non-hydrogen) atoms. The second-order valence-electron chi connectivity index (χ2n) is 35.0. The Balaban J connectivity index is 0.790. The van der Waals surface area contributed by atoms with E-state index in [0.717, 1.165) is 37.4 Å². The average molecular weight is 2030 g/mol. The van der Waals surface area contributed by atoms with E-state index in [2.05, 4.69) is 0 Å². The number of hydrogen-bond acceptors (Lipinski definition) is 34. The first-order chi connectivity index (χ1) is 71.7. The van der Waals surface area contributed by atoms with Crippen molar-refractivity contribution >= 4 is 113 Å². The van der Waals surface area contributed by atoms with E-state index in [1.165, 1.54) is 243 Å². The van der Waals surface area contributed by atoms with E-state index in [4.69, 9.17) is 75.8 Å². The van der Waals surface area contributed by atoms with Gasteiger partial charge < -0.3 is 75.8 Å². The van der Waals surface area contributed by atoms with E-state index in [0.29, 0.717) is 19.6 Å². The molecule has 4 fully saturated rings. The van der Waals surface area contributed by atoms with Crippen molar-refractivity contribution in [2.75, 3.05) is 26.4 Å². The number of carbonyl (C=O) groups is 17. The quantitative estimate of drug-likeness (QED) is 0.0221. The third-order valence-electron chi connectivity index (χ3n) is 25.8. The van der Waals surface area contributed by atoms with Gasteiger partial charge in [0.05, 0.1) is 97.7 Å². The Labute approximate surface area is 846 Å². The highest BCUT2D eigenvalue weighted by molar-refractivity contribution is 7.99. The van der Waals surface area contributed by atoms with Crippen molar-refractivity contribution in [1.29, 1.82) is 0 Å². The highest BCUT2D eigenvalue weighted by atomic mass is 32.2. The molecule has 8 amide bonds. The predicted octanol–water partition coefficient (Wildman–Crippen LogP) is 11.2. The zero-order valence-electron chi connectivity index (χ0n) is 78.5. The van der Waals surface area contributed by atoms with Gasteiger partial charge in [-0.15, -0.1) is 0 Å². The van der Waals surface area contributed by atoms with Crippen molar-refractivity contribution in [2.24, 2.45) is 0 Å². The van der Waals surface area contributed by atoms with Crippen molar-refractivity contribution in [3.63, 3.8) is 0 Å². The molecule has 20 atom stereocenters. The van der Waals surface area contributed by atoms with Gasteiger partial charge in [0.15, 0.2) is 67.7 Å². The van der Waals surface area contributed by atoms with Crippen LogP contribution in [0.25, 0.3) is 0 Å². The zero-order valence-corrected chi connectivity index (χ0v) is 79.3. The Morgan fingerprint density at radius 1 is 0.230 bits per heavy atom. The van der Waals surface area contributed by atoms with Gasteiger partial charge in [-0.1, -0.05) is 188 Å². The summed E-state index contributed by atoms with van der Waals surface area (Å²) in [5.41, 5.74) is -4.09. The molecule has 0 aromatic heterocycles. The summed E-state index contributed by atoms with van der Waals surface area (Å²) in [5, 5.41) is 0. The van der Waals surface area contributed by atoms with Gasteiger partial charge in [0.2, 0.25) is 0 Å². The number of thioether (sulfide) groups is 1. The molecule has 8 heterocycles. The SMILES string of the molecule is CC(=O)OC[C@H]1O[C@@H](OC[C@H]2O[C@@H](OC[C@H]3O[C@@H](OC[C@H]4O[C@@H](Sc5ccccc5)[C@H](N5C(=O)c6ccccc6C5=O)[C@@H](OC(=O)c5ccccc5)[C@@H]4OC(=O)c4ccccc4)[C@H](N4C(=O)c5ccccc5C4=O)[C@@H](OC(=O)c4ccccc4)[C@@H]3OC(=O)c3ccccc3)[C@H](N3C(=O)c4ccccc4C3=O)[C@@H](OC(=O)c3ccccc3)[C@@H]2OC(=O)c2ccccc2)[C@H](N2C(=O)c3ccccc3C2=O)[C@@H](OC(C)=O)[C@@H]1OC(C)=O. The fourth-order valence-corrected chi connectivity index (χ4v) is 20.3. The molecule has 11 aromatic rings. The maximum atomic E-state index is 16.0. The van der Waals surface area contributed by atoms with Crippen LogP contribution in [0, 0.1) is 0 Å². The summed E-state index contributed by atoms with van der Waals surface area (Å²) < 4.78 is 107. The molecule has 752 valence electrons. The van der Waals surface area contributed by atoms with Gasteiger partial charge in [-0.3, -0.25) is 72.3 Å². The fourth-order valence-electron chi connectivity index (χ4n) is 19.1. The van der Waals surface area contributed by atoms with E-state index in [1.807, 2.05) is 0 Å². The number of nitrogens with zero attached hydrogens (tertiary/aromatic N) is 4. The Hall–Kier alpha value is -16.7. The smallest absolute Gasteiger partial charge is 0.338 e. The minimum atomic E-state index is -2.47. The molecular weight excluding hydrogens is 1940 g/mol. The summed E-state index contributed by atoms with van der Waals surface area (Å²) in [6, 6.07) is 66.0. The molecule has 0 spiro atoms. The van der Waals surface area contributed by atoms with Gasteiger partial charge >= 0.3 is 53.7 Å². The third-order valence-corrected chi connectivity index (χ3v) is 27.0. The van der Waals surface area contributed by atoms with Gasteiger partial charge in [-0.05, 0) is 133 Å². The van der Waals surface area contributed by atoms with Crippen molar-refractivity contribution in [2.45, 2.75) is 147 Å². The number of imide groups is 4. The fraction of sp³-hybridized carbons (Fsp3) is 0.245. The van der Waals surface area contributed by atoms with Crippen LogP contribution in [-0.2, 0) is 90.2 Å². The molecule has 8 aliphatic rings. The standard InChI is InChI=1S/C110H88N4O33S/c1-59(115)132-55-77-85(136-60(2)116)89(137-61(3)117)81(111-93(118)69-47-25-26-48-70(69)94(111)119)107(138-77)133-56-78-86(142-101(126)62-33-11-4-12-34-62)90(145-104(129)65-39-17-7-18-40-65)82(112-95(120)71-49-27-28-50-72(71)96(112)121)108(139-78)134-57-79-87(143-102(127)63-35-13-5-14-36-63)91(146-105(130)66-41-19-8-20-42-66)83(113-97(122)73-51-29-30-52-74(73)98(113)123)109(140-79)135-58-80-88(144-103(128)64-37-15-6-16-38-64)92(147-106(131)67-43-21-9-22-44-67)84(110(141-80)148-68-45-23-10-24-46-68)114-99(124)75-53-31-32-54-76(75)100(114)125/h4-54,77-92,107-110H,55-58H2,1-3H3/t77-,78-,79-,80-,81-,82-,83-,84-,85-,86-,87-,88-,89-,90-,91-,92-,107-,108-,109-,110+/m1/s1. The number of amides is 8. The largest absolute Gasteiger partial charge is 0.463 e. The molecule has 0 bridgehead atoms. The van der Waals surface area contributed by atoms with Gasteiger partial charge in [0.1, 0.15) is 60.6 Å². The number of hydrogen-bond donors (Lipinski definition) is 0. The molecule has 11 aromatic carbocycles. The van der Waals surface area contributed by atoms with Gasteiger partial charge in [-0.25, -0.2) is 28.8 Å². The number of carbonyl (C=O) groups excluding carboxylic acids is 17. The van der Waals surface area contributed by atoms with Crippen LogP contribution >= 0.6 is 11.8 Å². The average Bonchev–Trinajstić information content (AvgIpc) is 1.47. The van der Waals surface area contributed by atoms with Crippen LogP contribution in [0.2, 0.25) is 0 Å². The lowest BCUT2D eigenvalue weighted by Gasteiger charge is -2.50. The minimum absolute atomic E-state index is 0.0669. The second-order valence-corrected chi connectivity index (χ2v) is 36.2. The van der Waals surface area contributed by atoms with Crippen LogP contribution in [0.15, 0.2) is 314 Å². The third kappa shape index (κ3) is 20.4. The first-order valence-electron chi connectivity index (χ1n) is 46.9. The van der Waals surface area contributed by atoms with Crippen LogP contribution in [0.5, 0.6) is 0 Å². The molecule has 0 aliphatic carbocycles. The maximum absolute atomic E-state index is 16.0. The lowest BCUT2D eigenvalue weighted by atomic mass is 9.93. The summed E-state index contributed by atoms with van der Waals surface area (Å²) in [7, 11) is 0. The van der Waals surface area contributed by atoms with E-state index in [1.54, 1.807) is 66.7 Å². The van der Waals surface area contributed by atoms with Crippen LogP contribution in [0.3, 0.4) is 0 Å². The maximum Gasteiger partial charge on any atom is 0.338 e. The molecule has 37 nitrogen and oxygen atoms in total. The molecule has 38 heteroatoms. The summed E-state index contributed by atoms with van der Waals surface area (Å²) in [5.74, 6) is -18.5. The summed E-state index contributed by atoms with van der Waals surface area (Å²) >= 11 is 0.922. The van der Waals surface area contributed by atoms with Gasteiger partial charge in [0, 0.05) is 25.7 Å². The minimum Gasteiger partial charge on any atom is -0.463 e. The summed E-state index contributed by atoms with van der Waals surface area (Å²) in [6.07, 6.45) is -32.4. The van der Waals surface area contributed by atoms with Crippen molar-refractivity contribution in [3.05, 3.63) is 387 Å². The predicted molar refractivity (Wildman–Crippen MR) is 509 cm³/mol. The molecule has 4 saturated heterocycles. The summed E-state index contributed by atoms with van der Waals surface area (Å²) in [6.45, 7) is -1.39. The van der Waals surface area contributed by atoms with Crippen molar-refractivity contribution in [1.82, 2.24) is 19.6 Å². The Kier molecular flexibility index (Phi) is 29.5. The zero-order chi connectivity index (χ0) is 103. The molecule has 0 unspecified atom stereocenters. The number of rotatable bonds is 31. The topological polar surface area (TPSA) is 451 Å². The van der Waals surface area contributed by atoms with Crippen molar-refractivity contribution < 1.29 is 157 Å². The highest BCUT2D eigenvalue weighted by Crippen LogP contribution is 2.47. The molecule has 8 aliphatic heterocycles. The number of esters is 9. The number of ether oxygens (including phenoxy) is 16. The Morgan fingerprint density at radius 3 is 0.676 bits per heavy atom. The molecule has 0 radical (unpaired) electrons. The summed E-state index contributed by atoms with van der Waals surface area (Å²) in [4.78, 5) is 261. The van der Waals surface area contributed by atoms with Crippen LogP contribution < -0.4 is 0 Å².